The number of sulfone groups is 1. The maximum atomic E-state index is 13.1. The monoisotopic (exact) mass is 591 g/mol. The van der Waals surface area contributed by atoms with Crippen LogP contribution in [0.15, 0.2) is 57.9 Å². The quantitative estimate of drug-likeness (QED) is 0.401. The molecular weight excluding hydrogens is 562 g/mol. The van der Waals surface area contributed by atoms with Crippen LogP contribution in [0.1, 0.15) is 34.6 Å². The van der Waals surface area contributed by atoms with Crippen LogP contribution < -0.4 is 9.46 Å². The van der Waals surface area contributed by atoms with E-state index in [0.29, 0.717) is 11.5 Å². The van der Waals surface area contributed by atoms with Gasteiger partial charge < -0.3 is 14.6 Å². The molecule has 2 aromatic carbocycles. The molecule has 0 heterocycles. The average molecular weight is 593 g/mol. The van der Waals surface area contributed by atoms with Crippen LogP contribution in [-0.2, 0) is 29.4 Å². The maximum absolute atomic E-state index is 13.1. The number of sulfonamides is 1. The van der Waals surface area contributed by atoms with Gasteiger partial charge in [0.25, 0.3) is 0 Å². The van der Waals surface area contributed by atoms with Crippen molar-refractivity contribution in [2.24, 2.45) is 0 Å². The summed E-state index contributed by atoms with van der Waals surface area (Å²) in [4.78, 5) is 12.7. The summed E-state index contributed by atoms with van der Waals surface area (Å²) < 4.78 is 64.1. The largest absolute Gasteiger partial charge is 0.459 e. The van der Waals surface area contributed by atoms with E-state index in [1.807, 2.05) is 0 Å². The van der Waals surface area contributed by atoms with E-state index in [9.17, 15) is 26.7 Å². The number of carbonyl (C=O) groups excluding carboxylic acids is 1. The van der Waals surface area contributed by atoms with Crippen molar-refractivity contribution in [3.8, 4) is 11.5 Å². The number of nitrogens with one attached hydrogen (secondary N) is 1. The number of aliphatic hydroxyl groups is 1. The lowest BCUT2D eigenvalue weighted by Crippen LogP contribution is -2.59. The molecule has 2 aromatic rings. The SMILES string of the molecule is CC(C)(C)OC(=O)C(NS(=O)(=O)c1ccc(Oc2ccc(Br)cc2)cc1)C(C)(C)S(=O)(=O)CCO. The molecule has 0 aliphatic rings. The van der Waals surface area contributed by atoms with Gasteiger partial charge in [-0.3, -0.25) is 4.79 Å². The molecule has 0 saturated heterocycles. The van der Waals surface area contributed by atoms with Gasteiger partial charge in [0.05, 0.1) is 22.0 Å². The first-order valence-electron chi connectivity index (χ1n) is 10.6. The summed E-state index contributed by atoms with van der Waals surface area (Å²) in [6.45, 7) is 6.48. The van der Waals surface area contributed by atoms with Gasteiger partial charge in [0.15, 0.2) is 9.84 Å². The fraction of sp³-hybridized carbons (Fsp3) is 0.435. The number of esters is 1. The van der Waals surface area contributed by atoms with Crippen LogP contribution in [0.2, 0.25) is 0 Å². The minimum Gasteiger partial charge on any atom is -0.459 e. The van der Waals surface area contributed by atoms with E-state index in [0.717, 1.165) is 4.47 Å². The van der Waals surface area contributed by atoms with E-state index in [1.165, 1.54) is 38.1 Å². The molecule has 0 amide bonds. The molecule has 0 spiro atoms. The number of aliphatic hydroxyl groups excluding tert-OH is 1. The molecule has 194 valence electrons. The highest BCUT2D eigenvalue weighted by molar-refractivity contribution is 9.10. The van der Waals surface area contributed by atoms with Gasteiger partial charge in [-0.15, -0.1) is 0 Å². The van der Waals surface area contributed by atoms with Crippen LogP contribution >= 0.6 is 15.9 Å². The lowest BCUT2D eigenvalue weighted by Gasteiger charge is -2.34. The zero-order chi connectivity index (χ0) is 26.7. The predicted octanol–water partition coefficient (Wildman–Crippen LogP) is 3.42. The Kier molecular flexibility index (Phi) is 9.15. The van der Waals surface area contributed by atoms with Gasteiger partial charge in [-0.2, -0.15) is 4.72 Å². The highest BCUT2D eigenvalue weighted by Crippen LogP contribution is 2.28. The zero-order valence-electron chi connectivity index (χ0n) is 20.1. The van der Waals surface area contributed by atoms with Gasteiger partial charge in [0.1, 0.15) is 23.1 Å². The Bertz CT molecular complexity index is 1230. The van der Waals surface area contributed by atoms with Crippen LogP contribution in [0.4, 0.5) is 0 Å². The molecule has 2 rings (SSSR count). The number of hydrogen-bond acceptors (Lipinski definition) is 8. The Balaban J connectivity index is 2.36. The lowest BCUT2D eigenvalue weighted by molar-refractivity contribution is -0.157. The number of hydrogen-bond donors (Lipinski definition) is 2. The van der Waals surface area contributed by atoms with Gasteiger partial charge in [-0.1, -0.05) is 15.9 Å². The van der Waals surface area contributed by atoms with Crippen LogP contribution in [-0.4, -0.2) is 56.7 Å². The van der Waals surface area contributed by atoms with Gasteiger partial charge in [-0.05, 0) is 83.1 Å². The van der Waals surface area contributed by atoms with E-state index >= 15 is 0 Å². The summed E-state index contributed by atoms with van der Waals surface area (Å²) in [7, 11) is -8.46. The number of halogens is 1. The van der Waals surface area contributed by atoms with E-state index in [1.54, 1.807) is 45.0 Å². The van der Waals surface area contributed by atoms with Gasteiger partial charge in [0.2, 0.25) is 10.0 Å². The van der Waals surface area contributed by atoms with Crippen molar-refractivity contribution in [2.45, 2.75) is 55.9 Å². The Morgan fingerprint density at radius 3 is 1.89 bits per heavy atom. The van der Waals surface area contributed by atoms with Crippen molar-refractivity contribution in [1.82, 2.24) is 4.72 Å². The molecule has 35 heavy (non-hydrogen) atoms. The Morgan fingerprint density at radius 1 is 0.943 bits per heavy atom. The molecular formula is C23H30BrNO8S2. The maximum Gasteiger partial charge on any atom is 0.326 e. The average Bonchev–Trinajstić information content (AvgIpc) is 2.72. The topological polar surface area (TPSA) is 136 Å². The number of ether oxygens (including phenoxy) is 2. The Labute approximate surface area is 214 Å². The van der Waals surface area contributed by atoms with Crippen LogP contribution in [0.3, 0.4) is 0 Å². The minimum absolute atomic E-state index is 0.204. The van der Waals surface area contributed by atoms with E-state index < -0.39 is 54.6 Å². The third-order valence-electron chi connectivity index (χ3n) is 4.96. The molecule has 2 N–H and O–H groups in total. The normalized spacial score (nSPS) is 13.8. The molecule has 0 saturated carbocycles. The molecule has 12 heteroatoms. The molecule has 0 fully saturated rings. The Morgan fingerprint density at radius 2 is 1.43 bits per heavy atom. The van der Waals surface area contributed by atoms with Crippen LogP contribution in [0.25, 0.3) is 0 Å². The second-order valence-corrected chi connectivity index (χ2v) is 14.6. The summed E-state index contributed by atoms with van der Waals surface area (Å²) in [6.07, 6.45) is 0. The van der Waals surface area contributed by atoms with Crippen molar-refractivity contribution in [1.29, 1.82) is 0 Å². The Hall–Kier alpha value is -1.99. The third kappa shape index (κ3) is 7.74. The van der Waals surface area contributed by atoms with E-state index in [-0.39, 0.29) is 4.90 Å². The summed E-state index contributed by atoms with van der Waals surface area (Å²) in [5, 5.41) is 9.18. The fourth-order valence-electron chi connectivity index (χ4n) is 2.95. The van der Waals surface area contributed by atoms with Gasteiger partial charge >= 0.3 is 5.97 Å². The molecule has 0 aliphatic carbocycles. The zero-order valence-corrected chi connectivity index (χ0v) is 23.3. The molecule has 0 radical (unpaired) electrons. The number of benzene rings is 2. The standard InChI is InChI=1S/C23H30BrNO8S2/c1-22(2,3)33-21(27)20(23(4,5)34(28,29)15-14-26)25-35(30,31)19-12-10-18(11-13-19)32-17-8-6-16(24)7-9-17/h6-13,20,25-26H,14-15H2,1-5H3. The van der Waals surface area contributed by atoms with Crippen molar-refractivity contribution >= 4 is 41.8 Å². The van der Waals surface area contributed by atoms with Gasteiger partial charge in [0, 0.05) is 4.47 Å². The second kappa shape index (κ2) is 11.0. The summed E-state index contributed by atoms with van der Waals surface area (Å²) in [6, 6.07) is 10.7. The molecule has 1 atom stereocenters. The number of rotatable bonds is 10. The second-order valence-electron chi connectivity index (χ2n) is 9.26. The highest BCUT2D eigenvalue weighted by atomic mass is 79.9. The first kappa shape index (κ1) is 29.2. The number of carbonyl (C=O) groups is 1. The summed E-state index contributed by atoms with van der Waals surface area (Å²) >= 11 is 3.33. The van der Waals surface area contributed by atoms with Crippen LogP contribution in [0.5, 0.6) is 11.5 Å². The molecule has 1 unspecified atom stereocenters. The highest BCUT2D eigenvalue weighted by Gasteiger charge is 2.49. The molecule has 9 nitrogen and oxygen atoms in total. The summed E-state index contributed by atoms with van der Waals surface area (Å²) in [5.74, 6) is -0.783. The third-order valence-corrected chi connectivity index (χ3v) is 9.48. The lowest BCUT2D eigenvalue weighted by atomic mass is 10.0. The predicted molar refractivity (Wildman–Crippen MR) is 136 cm³/mol. The molecule has 0 bridgehead atoms. The van der Waals surface area contributed by atoms with Crippen molar-refractivity contribution < 1.29 is 36.2 Å². The van der Waals surface area contributed by atoms with E-state index in [2.05, 4.69) is 20.7 Å². The van der Waals surface area contributed by atoms with Crippen molar-refractivity contribution in [3.63, 3.8) is 0 Å². The first-order valence-corrected chi connectivity index (χ1v) is 14.5. The van der Waals surface area contributed by atoms with Crippen molar-refractivity contribution in [2.75, 3.05) is 12.4 Å². The minimum atomic E-state index is -4.35. The van der Waals surface area contributed by atoms with Crippen LogP contribution in [0, 0.1) is 0 Å². The van der Waals surface area contributed by atoms with Gasteiger partial charge in [-0.25, -0.2) is 16.8 Å². The molecule has 0 aromatic heterocycles. The van der Waals surface area contributed by atoms with Crippen molar-refractivity contribution in [3.05, 3.63) is 53.0 Å². The smallest absolute Gasteiger partial charge is 0.326 e. The fourth-order valence-corrected chi connectivity index (χ4v) is 5.90. The molecule has 0 aliphatic heterocycles. The summed E-state index contributed by atoms with van der Waals surface area (Å²) in [5.41, 5.74) is -0.996. The van der Waals surface area contributed by atoms with E-state index in [4.69, 9.17) is 9.47 Å². The first-order chi connectivity index (χ1) is 16.0.